The van der Waals surface area contributed by atoms with Gasteiger partial charge in [-0.2, -0.15) is 5.26 Å². The molecule has 0 N–H and O–H groups in total. The third-order valence-corrected chi connectivity index (χ3v) is 2.24. The molecule has 0 heterocycles. The fourth-order valence-corrected chi connectivity index (χ4v) is 1.47. The van der Waals surface area contributed by atoms with E-state index in [0.717, 1.165) is 5.69 Å². The minimum Gasteiger partial charge on any atom is -0.368 e. The Morgan fingerprint density at radius 3 is 2.39 bits per heavy atom. The van der Waals surface area contributed by atoms with Gasteiger partial charge in [0.2, 0.25) is 0 Å². The highest BCUT2D eigenvalue weighted by Gasteiger charge is 2.28. The van der Waals surface area contributed by atoms with Crippen molar-refractivity contribution in [2.45, 2.75) is 12.8 Å². The van der Waals surface area contributed by atoms with E-state index >= 15 is 0 Å². The van der Waals surface area contributed by atoms with E-state index in [0.29, 0.717) is 6.54 Å². The molecule has 0 bridgehead atoms. The molecular weight excluding hydrogens is 245 g/mol. The number of para-hydroxylation sites is 1. The number of nitrogens with zero attached hydrogens (tertiary/aromatic N) is 2. The minimum absolute atomic E-state index is 0.0885. The number of halogens is 3. The van der Waals surface area contributed by atoms with Crippen molar-refractivity contribution in [3.63, 3.8) is 0 Å². The van der Waals surface area contributed by atoms with Gasteiger partial charge in [-0.25, -0.2) is 0 Å². The van der Waals surface area contributed by atoms with Gasteiger partial charge in [0.25, 0.3) is 0 Å². The van der Waals surface area contributed by atoms with Crippen molar-refractivity contribution in [3.8, 4) is 6.07 Å². The number of hydrogen-bond donors (Lipinski definition) is 0. The molecule has 0 aromatic heterocycles. The fraction of sp³-hybridized carbons (Fsp3) is 0.417. The molecule has 18 heavy (non-hydrogen) atoms. The van der Waals surface area contributed by atoms with Gasteiger partial charge in [0.15, 0.2) is 0 Å². The maximum atomic E-state index is 11.9. The highest BCUT2D eigenvalue weighted by atomic mass is 19.4. The van der Waals surface area contributed by atoms with E-state index in [2.05, 4.69) is 4.74 Å². The second-order valence-corrected chi connectivity index (χ2v) is 3.52. The molecule has 0 saturated heterocycles. The van der Waals surface area contributed by atoms with Crippen LogP contribution in [-0.4, -0.2) is 26.1 Å². The predicted octanol–water partition coefficient (Wildman–Crippen LogP) is 2.94. The van der Waals surface area contributed by atoms with Crippen LogP contribution in [0.1, 0.15) is 6.42 Å². The molecule has 98 valence electrons. The number of rotatable bonds is 6. The van der Waals surface area contributed by atoms with Gasteiger partial charge in [-0.15, -0.1) is 13.2 Å². The van der Waals surface area contributed by atoms with Crippen LogP contribution in [-0.2, 0) is 4.74 Å². The van der Waals surface area contributed by atoms with Crippen molar-refractivity contribution < 1.29 is 17.9 Å². The first kappa shape index (κ1) is 14.3. The van der Waals surface area contributed by atoms with E-state index in [9.17, 15) is 13.2 Å². The van der Waals surface area contributed by atoms with Crippen molar-refractivity contribution in [2.24, 2.45) is 0 Å². The summed E-state index contributed by atoms with van der Waals surface area (Å²) in [5, 5.41) is 8.53. The molecule has 0 radical (unpaired) electrons. The molecule has 1 aromatic rings. The molecule has 0 atom stereocenters. The Balaban J connectivity index is 2.54. The quantitative estimate of drug-likeness (QED) is 0.787. The van der Waals surface area contributed by atoms with E-state index < -0.39 is 13.0 Å². The lowest BCUT2D eigenvalue weighted by molar-refractivity contribution is -0.323. The van der Waals surface area contributed by atoms with E-state index in [4.69, 9.17) is 5.26 Å². The maximum Gasteiger partial charge on any atom is 0.522 e. The van der Waals surface area contributed by atoms with Crippen molar-refractivity contribution in [1.29, 1.82) is 5.26 Å². The summed E-state index contributed by atoms with van der Waals surface area (Å²) in [6, 6.07) is 10.9. The Labute approximate surface area is 103 Å². The molecule has 0 saturated carbocycles. The maximum absolute atomic E-state index is 11.9. The summed E-state index contributed by atoms with van der Waals surface area (Å²) in [7, 11) is 0. The van der Waals surface area contributed by atoms with Crippen molar-refractivity contribution in [1.82, 2.24) is 0 Å². The number of ether oxygens (including phenoxy) is 1. The summed E-state index contributed by atoms with van der Waals surface area (Å²) in [6.07, 6.45) is -4.36. The number of anilines is 1. The second kappa shape index (κ2) is 6.87. The van der Waals surface area contributed by atoms with Crippen LogP contribution in [0.5, 0.6) is 0 Å². The smallest absolute Gasteiger partial charge is 0.368 e. The molecule has 1 aromatic carbocycles. The lowest BCUT2D eigenvalue weighted by atomic mass is 10.2. The number of benzene rings is 1. The minimum atomic E-state index is -4.61. The Morgan fingerprint density at radius 1 is 1.17 bits per heavy atom. The van der Waals surface area contributed by atoms with Gasteiger partial charge in [0.05, 0.1) is 19.1 Å². The van der Waals surface area contributed by atoms with Gasteiger partial charge in [-0.1, -0.05) is 18.2 Å². The summed E-state index contributed by atoms with van der Waals surface area (Å²) in [6.45, 7) is 0.0107. The van der Waals surface area contributed by atoms with Gasteiger partial charge in [-0.05, 0) is 12.1 Å². The molecule has 0 unspecified atom stereocenters. The van der Waals surface area contributed by atoms with Crippen LogP contribution in [0.25, 0.3) is 0 Å². The van der Waals surface area contributed by atoms with E-state index in [-0.39, 0.29) is 13.0 Å². The first-order valence-electron chi connectivity index (χ1n) is 5.40. The summed E-state index contributed by atoms with van der Waals surface area (Å²) in [4.78, 5) is 1.69. The van der Waals surface area contributed by atoms with Gasteiger partial charge in [0.1, 0.15) is 0 Å². The summed E-state index contributed by atoms with van der Waals surface area (Å²) >= 11 is 0. The Morgan fingerprint density at radius 2 is 1.83 bits per heavy atom. The first-order valence-corrected chi connectivity index (χ1v) is 5.40. The SMILES string of the molecule is N#CCCN(CCOC(F)(F)F)c1ccccc1. The fourth-order valence-electron chi connectivity index (χ4n) is 1.47. The number of nitriles is 1. The van der Waals surface area contributed by atoms with Crippen LogP contribution in [0.15, 0.2) is 30.3 Å². The van der Waals surface area contributed by atoms with Crippen LogP contribution in [0.4, 0.5) is 18.9 Å². The third kappa shape index (κ3) is 5.55. The van der Waals surface area contributed by atoms with E-state index in [1.807, 2.05) is 12.1 Å². The molecule has 0 aliphatic carbocycles. The molecular formula is C12H13F3N2O. The van der Waals surface area contributed by atoms with E-state index in [1.54, 1.807) is 29.2 Å². The second-order valence-electron chi connectivity index (χ2n) is 3.52. The van der Waals surface area contributed by atoms with Gasteiger partial charge < -0.3 is 4.90 Å². The average Bonchev–Trinajstić information content (AvgIpc) is 2.33. The highest BCUT2D eigenvalue weighted by Crippen LogP contribution is 2.17. The zero-order valence-electron chi connectivity index (χ0n) is 9.65. The number of hydrogen-bond acceptors (Lipinski definition) is 3. The monoisotopic (exact) mass is 258 g/mol. The van der Waals surface area contributed by atoms with Crippen LogP contribution >= 0.6 is 0 Å². The molecule has 0 spiro atoms. The molecule has 3 nitrogen and oxygen atoms in total. The van der Waals surface area contributed by atoms with Gasteiger partial charge >= 0.3 is 6.36 Å². The first-order chi connectivity index (χ1) is 8.53. The van der Waals surface area contributed by atoms with Gasteiger partial charge in [0, 0.05) is 18.8 Å². The molecule has 1 rings (SSSR count). The summed E-state index contributed by atoms with van der Waals surface area (Å²) < 4.78 is 39.3. The lowest BCUT2D eigenvalue weighted by Gasteiger charge is -2.23. The van der Waals surface area contributed by atoms with Crippen LogP contribution in [0, 0.1) is 11.3 Å². The van der Waals surface area contributed by atoms with Gasteiger partial charge in [-0.3, -0.25) is 4.74 Å². The Bertz CT molecular complexity index is 387. The highest BCUT2D eigenvalue weighted by molar-refractivity contribution is 5.45. The molecule has 0 fully saturated rings. The average molecular weight is 258 g/mol. The van der Waals surface area contributed by atoms with Crippen LogP contribution < -0.4 is 4.90 Å². The zero-order chi connectivity index (χ0) is 13.4. The molecule has 0 aliphatic rings. The van der Waals surface area contributed by atoms with Crippen LogP contribution in [0.3, 0.4) is 0 Å². The summed E-state index contributed by atoms with van der Waals surface area (Å²) in [5.41, 5.74) is 0.776. The largest absolute Gasteiger partial charge is 0.522 e. The van der Waals surface area contributed by atoms with Crippen molar-refractivity contribution in [3.05, 3.63) is 30.3 Å². The molecule has 0 amide bonds. The standard InChI is InChI=1S/C12H13F3N2O/c13-12(14,15)18-10-9-17(8-4-7-16)11-5-2-1-3-6-11/h1-3,5-6H,4,8-10H2. The van der Waals surface area contributed by atoms with Crippen molar-refractivity contribution in [2.75, 3.05) is 24.6 Å². The lowest BCUT2D eigenvalue weighted by Crippen LogP contribution is -2.30. The van der Waals surface area contributed by atoms with E-state index in [1.165, 1.54) is 0 Å². The third-order valence-electron chi connectivity index (χ3n) is 2.24. The Hall–Kier alpha value is -1.74. The zero-order valence-corrected chi connectivity index (χ0v) is 9.65. The topological polar surface area (TPSA) is 36.3 Å². The normalized spacial score (nSPS) is 11.0. The Kier molecular flexibility index (Phi) is 5.46. The van der Waals surface area contributed by atoms with Crippen LogP contribution in [0.2, 0.25) is 0 Å². The predicted molar refractivity (Wildman–Crippen MR) is 60.9 cm³/mol. The molecule has 0 aliphatic heterocycles. The van der Waals surface area contributed by atoms with Crippen molar-refractivity contribution >= 4 is 5.69 Å². The number of alkyl halides is 3. The molecule has 6 heteroatoms. The summed E-state index contributed by atoms with van der Waals surface area (Å²) in [5.74, 6) is 0.